The number of furan rings is 1. The molecule has 0 unspecified atom stereocenters. The second-order valence-corrected chi connectivity index (χ2v) is 5.85. The maximum absolute atomic E-state index is 12.9. The van der Waals surface area contributed by atoms with Gasteiger partial charge in [0.05, 0.1) is 13.4 Å². The summed E-state index contributed by atoms with van der Waals surface area (Å²) < 4.78 is 10.6. The summed E-state index contributed by atoms with van der Waals surface area (Å²) in [5.74, 6) is 1.46. The van der Waals surface area contributed by atoms with E-state index in [1.807, 2.05) is 60.7 Å². The molecule has 3 rings (SSSR count). The lowest BCUT2D eigenvalue weighted by Crippen LogP contribution is -2.34. The van der Waals surface area contributed by atoms with Gasteiger partial charge in [0.1, 0.15) is 17.6 Å². The van der Waals surface area contributed by atoms with Gasteiger partial charge in [0, 0.05) is 24.7 Å². The van der Waals surface area contributed by atoms with Crippen molar-refractivity contribution < 1.29 is 13.9 Å². The Bertz CT molecular complexity index is 816. The van der Waals surface area contributed by atoms with E-state index >= 15 is 0 Å². The molecule has 0 aliphatic heterocycles. The number of hydrogen-bond acceptors (Lipinski definition) is 4. The summed E-state index contributed by atoms with van der Waals surface area (Å²) in [6.45, 7) is 0.624. The third-order valence-electron chi connectivity index (χ3n) is 4.03. The van der Waals surface area contributed by atoms with Crippen LogP contribution in [-0.4, -0.2) is 19.6 Å². The molecule has 2 N–H and O–H groups in total. The fourth-order valence-electron chi connectivity index (χ4n) is 2.72. The smallest absolute Gasteiger partial charge is 0.246 e. The number of hydrogen-bond donors (Lipinski definition) is 2. The van der Waals surface area contributed by atoms with Crippen LogP contribution in [0.2, 0.25) is 0 Å². The molecule has 0 saturated heterocycles. The van der Waals surface area contributed by atoms with E-state index in [1.54, 1.807) is 19.4 Å². The van der Waals surface area contributed by atoms with E-state index in [4.69, 9.17) is 9.15 Å². The molecule has 0 aliphatic rings. The van der Waals surface area contributed by atoms with Crippen molar-refractivity contribution in [3.8, 4) is 5.75 Å². The number of methoxy groups -OCH3 is 1. The maximum Gasteiger partial charge on any atom is 0.246 e. The molecule has 1 heterocycles. The van der Waals surface area contributed by atoms with Gasteiger partial charge in [-0.2, -0.15) is 0 Å². The van der Waals surface area contributed by atoms with Gasteiger partial charge in [-0.15, -0.1) is 0 Å². The molecular formula is C21H22N2O3. The zero-order valence-corrected chi connectivity index (χ0v) is 14.6. The summed E-state index contributed by atoms with van der Waals surface area (Å²) in [7, 11) is 1.60. The maximum atomic E-state index is 12.9. The summed E-state index contributed by atoms with van der Waals surface area (Å²) in [6, 6.07) is 20.3. The molecule has 0 fully saturated rings. The molecule has 0 saturated carbocycles. The molecule has 134 valence electrons. The van der Waals surface area contributed by atoms with Crippen LogP contribution in [-0.2, 0) is 11.2 Å². The van der Waals surface area contributed by atoms with E-state index < -0.39 is 6.04 Å². The first-order valence-corrected chi connectivity index (χ1v) is 8.52. The third kappa shape index (κ3) is 4.74. The minimum absolute atomic E-state index is 0.121. The number of rotatable bonds is 8. The third-order valence-corrected chi connectivity index (χ3v) is 4.03. The largest absolute Gasteiger partial charge is 0.497 e. The van der Waals surface area contributed by atoms with Crippen LogP contribution in [0, 0.1) is 0 Å². The summed E-state index contributed by atoms with van der Waals surface area (Å²) in [5, 5.41) is 6.27. The van der Waals surface area contributed by atoms with E-state index in [1.165, 1.54) is 0 Å². The molecule has 2 aromatic carbocycles. The van der Waals surface area contributed by atoms with Crippen LogP contribution in [0.4, 0.5) is 5.69 Å². The van der Waals surface area contributed by atoms with Crippen molar-refractivity contribution in [2.24, 2.45) is 0 Å². The molecule has 0 bridgehead atoms. The van der Waals surface area contributed by atoms with E-state index in [2.05, 4.69) is 10.6 Å². The Kier molecular flexibility index (Phi) is 6.06. The lowest BCUT2D eigenvalue weighted by Gasteiger charge is -2.19. The van der Waals surface area contributed by atoms with Crippen molar-refractivity contribution in [2.75, 3.05) is 19.0 Å². The quantitative estimate of drug-likeness (QED) is 0.649. The van der Waals surface area contributed by atoms with Gasteiger partial charge in [0.15, 0.2) is 0 Å². The highest BCUT2D eigenvalue weighted by Crippen LogP contribution is 2.20. The summed E-state index contributed by atoms with van der Waals surface area (Å²) in [4.78, 5) is 12.9. The van der Waals surface area contributed by atoms with Crippen LogP contribution >= 0.6 is 0 Å². The molecule has 0 radical (unpaired) electrons. The molecular weight excluding hydrogens is 328 g/mol. The van der Waals surface area contributed by atoms with Gasteiger partial charge in [0.2, 0.25) is 5.91 Å². The van der Waals surface area contributed by atoms with Crippen LogP contribution in [0.1, 0.15) is 17.4 Å². The second kappa shape index (κ2) is 8.87. The molecule has 5 heteroatoms. The van der Waals surface area contributed by atoms with Crippen LogP contribution in [0.15, 0.2) is 77.4 Å². The normalized spacial score (nSPS) is 11.7. The van der Waals surface area contributed by atoms with Gasteiger partial charge in [0.25, 0.3) is 0 Å². The van der Waals surface area contributed by atoms with Crippen LogP contribution in [0.5, 0.6) is 5.75 Å². The van der Waals surface area contributed by atoms with E-state index in [9.17, 15) is 4.79 Å². The molecule has 5 nitrogen and oxygen atoms in total. The Balaban J connectivity index is 1.70. The summed E-state index contributed by atoms with van der Waals surface area (Å²) in [6.07, 6.45) is 2.36. The zero-order valence-electron chi connectivity index (χ0n) is 14.6. The van der Waals surface area contributed by atoms with Crippen molar-refractivity contribution >= 4 is 11.6 Å². The average molecular weight is 350 g/mol. The predicted octanol–water partition coefficient (Wildman–Crippen LogP) is 3.80. The van der Waals surface area contributed by atoms with E-state index in [0.717, 1.165) is 11.3 Å². The highest BCUT2D eigenvalue weighted by molar-refractivity contribution is 5.95. The Labute approximate surface area is 153 Å². The van der Waals surface area contributed by atoms with Gasteiger partial charge in [-0.25, -0.2) is 0 Å². The van der Waals surface area contributed by atoms with Gasteiger partial charge < -0.3 is 19.8 Å². The minimum atomic E-state index is -0.461. The Morgan fingerprint density at radius 3 is 2.65 bits per heavy atom. The number of amides is 1. The Morgan fingerprint density at radius 2 is 1.92 bits per heavy atom. The number of ether oxygens (including phenoxy) is 1. The lowest BCUT2D eigenvalue weighted by molar-refractivity contribution is -0.118. The highest BCUT2D eigenvalue weighted by Gasteiger charge is 2.20. The summed E-state index contributed by atoms with van der Waals surface area (Å²) >= 11 is 0. The number of anilines is 1. The first-order chi connectivity index (χ1) is 12.8. The Hall–Kier alpha value is -3.05. The summed E-state index contributed by atoms with van der Waals surface area (Å²) in [5.41, 5.74) is 1.61. The lowest BCUT2D eigenvalue weighted by atomic mass is 10.1. The van der Waals surface area contributed by atoms with Crippen LogP contribution in [0.3, 0.4) is 0 Å². The first-order valence-electron chi connectivity index (χ1n) is 8.52. The van der Waals surface area contributed by atoms with Crippen molar-refractivity contribution in [3.05, 3.63) is 84.3 Å². The average Bonchev–Trinajstić information content (AvgIpc) is 3.19. The van der Waals surface area contributed by atoms with E-state index in [0.29, 0.717) is 24.4 Å². The van der Waals surface area contributed by atoms with Crippen LogP contribution < -0.4 is 15.4 Å². The van der Waals surface area contributed by atoms with Crippen LogP contribution in [0.25, 0.3) is 0 Å². The fraction of sp³-hybridized carbons (Fsp3) is 0.190. The molecule has 1 aromatic heterocycles. The second-order valence-electron chi connectivity index (χ2n) is 5.85. The predicted molar refractivity (Wildman–Crippen MR) is 101 cm³/mol. The zero-order chi connectivity index (χ0) is 18.2. The van der Waals surface area contributed by atoms with Gasteiger partial charge in [-0.3, -0.25) is 4.79 Å². The van der Waals surface area contributed by atoms with Gasteiger partial charge in [-0.1, -0.05) is 36.4 Å². The van der Waals surface area contributed by atoms with Crippen molar-refractivity contribution in [1.82, 2.24) is 5.32 Å². The number of benzene rings is 2. The van der Waals surface area contributed by atoms with Crippen molar-refractivity contribution in [1.29, 1.82) is 0 Å². The molecule has 1 atom stereocenters. The molecule has 0 aliphatic carbocycles. The first kappa shape index (κ1) is 17.8. The molecule has 26 heavy (non-hydrogen) atoms. The monoisotopic (exact) mass is 350 g/mol. The van der Waals surface area contributed by atoms with Gasteiger partial charge >= 0.3 is 0 Å². The standard InChI is InChI=1S/C21H22N2O3/c1-25-19-10-5-9-17(15-19)23-21(24)20(16-7-3-2-4-8-16)22-13-12-18-11-6-14-26-18/h2-11,14-15,20,22H,12-13H2,1H3,(H,23,24)/t20-/m1/s1. The molecule has 1 amide bonds. The van der Waals surface area contributed by atoms with Crippen molar-refractivity contribution in [3.63, 3.8) is 0 Å². The highest BCUT2D eigenvalue weighted by atomic mass is 16.5. The molecule has 0 spiro atoms. The number of carbonyl (C=O) groups excluding carboxylic acids is 1. The molecule has 3 aromatic rings. The minimum Gasteiger partial charge on any atom is -0.497 e. The topological polar surface area (TPSA) is 63.5 Å². The van der Waals surface area contributed by atoms with Crippen molar-refractivity contribution in [2.45, 2.75) is 12.5 Å². The SMILES string of the molecule is COc1cccc(NC(=O)[C@H](NCCc2ccco2)c2ccccc2)c1. The van der Waals surface area contributed by atoms with E-state index in [-0.39, 0.29) is 5.91 Å². The number of nitrogens with one attached hydrogen (secondary N) is 2. The number of carbonyl (C=O) groups is 1. The fourth-order valence-corrected chi connectivity index (χ4v) is 2.72. The Morgan fingerprint density at radius 1 is 1.08 bits per heavy atom. The van der Waals surface area contributed by atoms with Gasteiger partial charge in [-0.05, 0) is 29.8 Å².